The largest absolute Gasteiger partial charge is 2.00 e. The summed E-state index contributed by atoms with van der Waals surface area (Å²) in [5, 5.41) is 20.4. The van der Waals surface area contributed by atoms with Crippen LogP contribution in [0, 0.1) is 0 Å². The van der Waals surface area contributed by atoms with Crippen molar-refractivity contribution in [2.45, 2.75) is 226 Å². The van der Waals surface area contributed by atoms with Gasteiger partial charge < -0.3 is 24.7 Å². The molecule has 47 heavy (non-hydrogen) atoms. The predicted octanol–water partition coefficient (Wildman–Crippen LogP) is 9.71. The molecule has 0 aliphatic carbocycles. The van der Waals surface area contributed by atoms with Crippen molar-refractivity contribution < 1.29 is 24.6 Å². The second-order valence-electron chi connectivity index (χ2n) is 13.6. The quantitative estimate of drug-likeness (QED) is 0.0521. The maximum atomic E-state index is 10.2. The van der Waals surface area contributed by atoms with Crippen LogP contribution in [0.25, 0.3) is 0 Å². The van der Waals surface area contributed by atoms with E-state index in [2.05, 4.69) is 13.8 Å². The van der Waals surface area contributed by atoms with Crippen LogP contribution in [0.3, 0.4) is 0 Å². The molecule has 0 saturated heterocycles. The molecule has 0 radical (unpaired) electrons. The molecule has 0 fully saturated rings. The summed E-state index contributed by atoms with van der Waals surface area (Å²) < 4.78 is 0. The minimum absolute atomic E-state index is 0. The van der Waals surface area contributed by atoms with Gasteiger partial charge in [0.15, 0.2) is 0 Å². The van der Waals surface area contributed by atoms with Crippen LogP contribution in [0.1, 0.15) is 226 Å². The smallest absolute Gasteiger partial charge is 0.550 e. The number of amides is 1. The Balaban J connectivity index is -0.000000329. The van der Waals surface area contributed by atoms with Gasteiger partial charge in [-0.25, -0.2) is 0 Å². The van der Waals surface area contributed by atoms with E-state index in [1.165, 1.54) is 179 Å². The number of carbonyl (C=O) groups excluding carboxylic acids is 3. The van der Waals surface area contributed by atoms with Crippen LogP contribution in [-0.2, 0) is 14.4 Å². The van der Waals surface area contributed by atoms with E-state index in [0.29, 0.717) is 0 Å². The molecule has 0 unspecified atom stereocenters. The SMILES string of the molecule is CC(=O)N(C)C.CCCCCCCCCCCCCCCCCC(=O)[O-].CCCCCCCCCCCCCCCCCC(=O)[O-].[Mg+2]. The number of carbonyl (C=O) groups is 3. The molecule has 0 spiro atoms. The first-order valence-electron chi connectivity index (χ1n) is 19.8. The average Bonchev–Trinajstić information content (AvgIpc) is 3.01. The summed E-state index contributed by atoms with van der Waals surface area (Å²) in [7, 11) is 3.45. The molecule has 0 rings (SSSR count). The molecule has 0 atom stereocenters. The number of rotatable bonds is 32. The van der Waals surface area contributed by atoms with Crippen molar-refractivity contribution in [1.82, 2.24) is 4.90 Å². The van der Waals surface area contributed by atoms with Crippen molar-refractivity contribution in [3.05, 3.63) is 0 Å². The molecule has 0 saturated carbocycles. The van der Waals surface area contributed by atoms with Crippen LogP contribution in [-0.4, -0.2) is 59.9 Å². The van der Waals surface area contributed by atoms with Gasteiger partial charge in [-0.1, -0.05) is 194 Å². The van der Waals surface area contributed by atoms with Crippen molar-refractivity contribution in [1.29, 1.82) is 0 Å². The van der Waals surface area contributed by atoms with Gasteiger partial charge in [-0.15, -0.1) is 0 Å². The Labute approximate surface area is 309 Å². The molecule has 0 aromatic carbocycles. The molecule has 1 amide bonds. The van der Waals surface area contributed by atoms with Crippen molar-refractivity contribution in [3.63, 3.8) is 0 Å². The van der Waals surface area contributed by atoms with Gasteiger partial charge in [0.1, 0.15) is 0 Å². The Kier molecular flexibility index (Phi) is 53.3. The standard InChI is InChI=1S/2C18H36O2.C4H9NO.Mg/c2*1-2-3-4-5-6-7-8-9-10-11-12-13-14-15-16-17-18(19)20;1-4(6)5(2)3;/h2*2-17H2,1H3,(H,19,20);1-3H3;/q;;;+2/p-2. The van der Waals surface area contributed by atoms with Crippen LogP contribution in [0.15, 0.2) is 0 Å². The van der Waals surface area contributed by atoms with Crippen molar-refractivity contribution in [2.24, 2.45) is 0 Å². The van der Waals surface area contributed by atoms with Crippen molar-refractivity contribution in [2.75, 3.05) is 14.1 Å². The van der Waals surface area contributed by atoms with Crippen LogP contribution in [0.5, 0.6) is 0 Å². The Morgan fingerprint density at radius 1 is 0.383 bits per heavy atom. The number of carboxylic acids is 2. The summed E-state index contributed by atoms with van der Waals surface area (Å²) >= 11 is 0. The topological polar surface area (TPSA) is 101 Å². The van der Waals surface area contributed by atoms with E-state index in [0.717, 1.165) is 25.7 Å². The first-order chi connectivity index (χ1) is 22.2. The summed E-state index contributed by atoms with van der Waals surface area (Å²) in [6.45, 7) is 6.06. The zero-order valence-electron chi connectivity index (χ0n) is 32.3. The number of carboxylic acid groups (broad SMARTS) is 2. The Hall–Kier alpha value is -0.824. The van der Waals surface area contributed by atoms with E-state index >= 15 is 0 Å². The first-order valence-corrected chi connectivity index (χ1v) is 19.8. The van der Waals surface area contributed by atoms with Gasteiger partial charge in [-0.05, 0) is 25.7 Å². The van der Waals surface area contributed by atoms with Crippen molar-refractivity contribution in [3.8, 4) is 0 Å². The molecule has 7 heteroatoms. The molecule has 0 heterocycles. The van der Waals surface area contributed by atoms with E-state index in [-0.39, 0.29) is 41.8 Å². The van der Waals surface area contributed by atoms with Gasteiger partial charge in [0.2, 0.25) is 5.91 Å². The zero-order chi connectivity index (χ0) is 34.9. The molecule has 0 aromatic heterocycles. The van der Waals surface area contributed by atoms with E-state index in [9.17, 15) is 24.6 Å². The number of aliphatic carboxylic acids is 2. The fraction of sp³-hybridized carbons (Fsp3) is 0.925. The molecular weight excluding hydrogens is 599 g/mol. The third-order valence-electron chi connectivity index (χ3n) is 8.60. The van der Waals surface area contributed by atoms with Crippen LogP contribution in [0.2, 0.25) is 0 Å². The Morgan fingerprint density at radius 3 is 0.660 bits per heavy atom. The molecule has 0 aromatic rings. The summed E-state index contributed by atoms with van der Waals surface area (Å²) in [5.74, 6) is -1.71. The van der Waals surface area contributed by atoms with Crippen LogP contribution in [0.4, 0.5) is 0 Å². The molecule has 0 aliphatic heterocycles. The summed E-state index contributed by atoms with van der Waals surface area (Å²) in [4.78, 5) is 32.0. The zero-order valence-corrected chi connectivity index (χ0v) is 33.7. The number of hydrogen-bond donors (Lipinski definition) is 0. The average molecular weight is 678 g/mol. The minimum Gasteiger partial charge on any atom is -0.550 e. The molecular formula is C40H79MgNO5. The van der Waals surface area contributed by atoms with Crippen LogP contribution >= 0.6 is 0 Å². The normalized spacial score (nSPS) is 10.2. The molecule has 0 N–H and O–H groups in total. The predicted molar refractivity (Wildman–Crippen MR) is 199 cm³/mol. The first kappa shape index (κ1) is 53.0. The Bertz CT molecular complexity index is 586. The van der Waals surface area contributed by atoms with E-state index in [4.69, 9.17) is 0 Å². The van der Waals surface area contributed by atoms with Crippen molar-refractivity contribution >= 4 is 40.9 Å². The maximum Gasteiger partial charge on any atom is 2.00 e. The fourth-order valence-electron chi connectivity index (χ4n) is 5.28. The van der Waals surface area contributed by atoms with E-state index < -0.39 is 11.9 Å². The fourth-order valence-corrected chi connectivity index (χ4v) is 5.28. The maximum absolute atomic E-state index is 10.2. The van der Waals surface area contributed by atoms with E-state index in [1.54, 1.807) is 14.1 Å². The molecule has 0 aliphatic rings. The van der Waals surface area contributed by atoms with Gasteiger partial charge in [-0.3, -0.25) is 4.79 Å². The summed E-state index contributed by atoms with van der Waals surface area (Å²) in [6.07, 6.45) is 39.7. The van der Waals surface area contributed by atoms with Gasteiger partial charge in [-0.2, -0.15) is 0 Å². The second-order valence-corrected chi connectivity index (χ2v) is 13.6. The number of hydrogen-bond acceptors (Lipinski definition) is 5. The molecule has 0 bridgehead atoms. The minimum atomic E-state index is -0.903. The molecule has 276 valence electrons. The van der Waals surface area contributed by atoms with Gasteiger partial charge >= 0.3 is 23.1 Å². The monoisotopic (exact) mass is 678 g/mol. The third kappa shape index (κ3) is 60.9. The third-order valence-corrected chi connectivity index (χ3v) is 8.60. The van der Waals surface area contributed by atoms with Gasteiger partial charge in [0.25, 0.3) is 0 Å². The molecule has 6 nitrogen and oxygen atoms in total. The summed E-state index contributed by atoms with van der Waals surface area (Å²) in [6, 6.07) is 0. The van der Waals surface area contributed by atoms with Gasteiger partial charge in [0.05, 0.1) is 0 Å². The van der Waals surface area contributed by atoms with E-state index in [1.807, 2.05) is 0 Å². The Morgan fingerprint density at radius 2 is 0.532 bits per heavy atom. The van der Waals surface area contributed by atoms with Gasteiger partial charge in [0, 0.05) is 33.0 Å². The number of nitrogens with zero attached hydrogens (tertiary/aromatic N) is 1. The second kappa shape index (κ2) is 47.3. The van der Waals surface area contributed by atoms with Crippen LogP contribution < -0.4 is 10.2 Å². The summed E-state index contributed by atoms with van der Waals surface area (Å²) in [5.41, 5.74) is 0. The number of unbranched alkanes of at least 4 members (excludes halogenated alkanes) is 28.